The molecule has 0 radical (unpaired) electrons. The number of hydrogen-bond acceptors (Lipinski definition) is 2. The van der Waals surface area contributed by atoms with E-state index in [1.165, 1.54) is 12.8 Å². The Morgan fingerprint density at radius 1 is 1.43 bits per heavy atom. The third-order valence-corrected chi connectivity index (χ3v) is 3.80. The van der Waals surface area contributed by atoms with Crippen LogP contribution in [-0.4, -0.2) is 24.3 Å². The van der Waals surface area contributed by atoms with Crippen molar-refractivity contribution in [3.8, 4) is 0 Å². The molecule has 2 nitrogen and oxygen atoms in total. The van der Waals surface area contributed by atoms with Gasteiger partial charge in [-0.1, -0.05) is 19.1 Å². The van der Waals surface area contributed by atoms with Crippen molar-refractivity contribution in [2.24, 2.45) is 17.8 Å². The Labute approximate surface area is 86.4 Å². The van der Waals surface area contributed by atoms with Crippen LogP contribution in [-0.2, 0) is 0 Å². The van der Waals surface area contributed by atoms with Crippen molar-refractivity contribution in [2.45, 2.75) is 32.2 Å². The molecule has 14 heavy (non-hydrogen) atoms. The van der Waals surface area contributed by atoms with E-state index in [-0.39, 0.29) is 6.61 Å². The molecule has 2 aliphatic rings. The molecule has 1 fully saturated rings. The molecule has 0 heterocycles. The largest absolute Gasteiger partial charge is 0.395 e. The second-order valence-electron chi connectivity index (χ2n) is 4.74. The SMILES string of the molecule is CCC(CO)NCC1CC2C=CC1C2. The summed E-state index contributed by atoms with van der Waals surface area (Å²) in [4.78, 5) is 0. The normalized spacial score (nSPS) is 36.6. The lowest BCUT2D eigenvalue weighted by Crippen LogP contribution is -2.36. The number of fused-ring (bicyclic) bond motifs is 2. The summed E-state index contributed by atoms with van der Waals surface area (Å²) in [5.74, 6) is 2.51. The first-order valence-corrected chi connectivity index (χ1v) is 5.86. The summed E-state index contributed by atoms with van der Waals surface area (Å²) in [6.45, 7) is 3.48. The van der Waals surface area contributed by atoms with Gasteiger partial charge in [0.05, 0.1) is 6.61 Å². The number of aliphatic hydroxyl groups is 1. The van der Waals surface area contributed by atoms with Crippen molar-refractivity contribution in [1.29, 1.82) is 0 Å². The Bertz CT molecular complexity index is 210. The minimum atomic E-state index is 0.271. The molecule has 1 saturated carbocycles. The van der Waals surface area contributed by atoms with Crippen molar-refractivity contribution in [2.75, 3.05) is 13.2 Å². The van der Waals surface area contributed by atoms with E-state index in [1.807, 2.05) is 0 Å². The molecule has 0 saturated heterocycles. The first-order valence-electron chi connectivity index (χ1n) is 5.86. The Hall–Kier alpha value is -0.340. The topological polar surface area (TPSA) is 32.3 Å². The highest BCUT2D eigenvalue weighted by Crippen LogP contribution is 2.42. The first-order chi connectivity index (χ1) is 6.83. The van der Waals surface area contributed by atoms with Gasteiger partial charge in [-0.05, 0) is 43.6 Å². The maximum atomic E-state index is 9.06. The summed E-state index contributed by atoms with van der Waals surface area (Å²) in [6.07, 6.45) is 8.52. The van der Waals surface area contributed by atoms with Crippen LogP contribution in [0.15, 0.2) is 12.2 Å². The van der Waals surface area contributed by atoms with Gasteiger partial charge in [0, 0.05) is 6.04 Å². The fourth-order valence-electron chi connectivity index (χ4n) is 2.79. The average molecular weight is 195 g/mol. The second kappa shape index (κ2) is 4.45. The molecule has 0 aromatic carbocycles. The number of aliphatic hydroxyl groups excluding tert-OH is 1. The molecular formula is C12H21NO. The Morgan fingerprint density at radius 2 is 2.29 bits per heavy atom. The van der Waals surface area contributed by atoms with Crippen LogP contribution >= 0.6 is 0 Å². The predicted molar refractivity (Wildman–Crippen MR) is 58.0 cm³/mol. The van der Waals surface area contributed by atoms with Gasteiger partial charge in [-0.3, -0.25) is 0 Å². The number of allylic oxidation sites excluding steroid dienone is 2. The maximum Gasteiger partial charge on any atom is 0.0584 e. The maximum absolute atomic E-state index is 9.06. The van der Waals surface area contributed by atoms with Gasteiger partial charge < -0.3 is 10.4 Å². The average Bonchev–Trinajstić information content (AvgIpc) is 2.80. The summed E-state index contributed by atoms with van der Waals surface area (Å²) in [7, 11) is 0. The zero-order chi connectivity index (χ0) is 9.97. The molecule has 2 bridgehead atoms. The minimum Gasteiger partial charge on any atom is -0.395 e. The fraction of sp³-hybridized carbons (Fsp3) is 0.833. The smallest absolute Gasteiger partial charge is 0.0584 e. The van der Waals surface area contributed by atoms with Crippen molar-refractivity contribution >= 4 is 0 Å². The summed E-state index contributed by atoms with van der Waals surface area (Å²) < 4.78 is 0. The van der Waals surface area contributed by atoms with Crippen LogP contribution in [0, 0.1) is 17.8 Å². The van der Waals surface area contributed by atoms with Gasteiger partial charge in [-0.25, -0.2) is 0 Å². The minimum absolute atomic E-state index is 0.271. The Morgan fingerprint density at radius 3 is 2.79 bits per heavy atom. The van der Waals surface area contributed by atoms with Gasteiger partial charge in [0.15, 0.2) is 0 Å². The molecule has 2 heteroatoms. The monoisotopic (exact) mass is 195 g/mol. The van der Waals surface area contributed by atoms with Crippen LogP contribution in [0.25, 0.3) is 0 Å². The standard InChI is InChI=1S/C12H21NO/c1-2-12(8-14)13-7-11-6-9-3-4-10(11)5-9/h3-4,9-14H,2,5-8H2,1H3. The summed E-state index contributed by atoms with van der Waals surface area (Å²) in [5, 5.41) is 12.5. The first kappa shape index (κ1) is 10.2. The summed E-state index contributed by atoms with van der Waals surface area (Å²) >= 11 is 0. The molecule has 0 aliphatic heterocycles. The van der Waals surface area contributed by atoms with Gasteiger partial charge in [0.2, 0.25) is 0 Å². The molecule has 0 spiro atoms. The van der Waals surface area contributed by atoms with E-state index in [1.54, 1.807) is 0 Å². The van der Waals surface area contributed by atoms with E-state index < -0.39 is 0 Å². The van der Waals surface area contributed by atoms with E-state index in [4.69, 9.17) is 5.11 Å². The van der Waals surface area contributed by atoms with Gasteiger partial charge in [-0.2, -0.15) is 0 Å². The molecule has 4 unspecified atom stereocenters. The van der Waals surface area contributed by atoms with Crippen molar-refractivity contribution < 1.29 is 5.11 Å². The second-order valence-corrected chi connectivity index (χ2v) is 4.74. The quantitative estimate of drug-likeness (QED) is 0.652. The van der Waals surface area contributed by atoms with Crippen LogP contribution in [0.4, 0.5) is 0 Å². The van der Waals surface area contributed by atoms with E-state index in [9.17, 15) is 0 Å². The molecule has 2 aliphatic carbocycles. The molecule has 0 aromatic rings. The number of rotatable bonds is 5. The molecule has 2 rings (SSSR count). The summed E-state index contributed by atoms with van der Waals surface area (Å²) in [6, 6.07) is 0.304. The number of nitrogens with one attached hydrogen (secondary N) is 1. The zero-order valence-electron chi connectivity index (χ0n) is 8.95. The van der Waals surface area contributed by atoms with Crippen LogP contribution in [0.3, 0.4) is 0 Å². The van der Waals surface area contributed by atoms with Gasteiger partial charge in [-0.15, -0.1) is 0 Å². The fourth-order valence-corrected chi connectivity index (χ4v) is 2.79. The number of hydrogen-bond donors (Lipinski definition) is 2. The highest BCUT2D eigenvalue weighted by Gasteiger charge is 2.35. The Kier molecular flexibility index (Phi) is 3.24. The highest BCUT2D eigenvalue weighted by molar-refractivity contribution is 5.10. The molecule has 4 atom stereocenters. The van der Waals surface area contributed by atoms with E-state index in [0.29, 0.717) is 6.04 Å². The van der Waals surface area contributed by atoms with Crippen LogP contribution < -0.4 is 5.32 Å². The van der Waals surface area contributed by atoms with Crippen LogP contribution in [0.1, 0.15) is 26.2 Å². The molecular weight excluding hydrogens is 174 g/mol. The summed E-state index contributed by atoms with van der Waals surface area (Å²) in [5.41, 5.74) is 0. The predicted octanol–water partition coefficient (Wildman–Crippen LogP) is 1.56. The Balaban J connectivity index is 1.74. The van der Waals surface area contributed by atoms with Crippen molar-refractivity contribution in [3.63, 3.8) is 0 Å². The van der Waals surface area contributed by atoms with Gasteiger partial charge >= 0.3 is 0 Å². The van der Waals surface area contributed by atoms with Crippen LogP contribution in [0.2, 0.25) is 0 Å². The van der Waals surface area contributed by atoms with Gasteiger partial charge in [0.25, 0.3) is 0 Å². The van der Waals surface area contributed by atoms with E-state index in [2.05, 4.69) is 24.4 Å². The molecule has 0 amide bonds. The van der Waals surface area contributed by atoms with Crippen LogP contribution in [0.5, 0.6) is 0 Å². The zero-order valence-corrected chi connectivity index (χ0v) is 8.95. The lowest BCUT2D eigenvalue weighted by Gasteiger charge is -2.22. The third-order valence-electron chi connectivity index (χ3n) is 3.80. The van der Waals surface area contributed by atoms with Gasteiger partial charge in [0.1, 0.15) is 0 Å². The molecule has 0 aromatic heterocycles. The molecule has 80 valence electrons. The molecule has 2 N–H and O–H groups in total. The van der Waals surface area contributed by atoms with E-state index in [0.717, 1.165) is 30.7 Å². The van der Waals surface area contributed by atoms with Crippen molar-refractivity contribution in [1.82, 2.24) is 5.32 Å². The lowest BCUT2D eigenvalue weighted by molar-refractivity contribution is 0.230. The third kappa shape index (κ3) is 2.01. The van der Waals surface area contributed by atoms with Crippen molar-refractivity contribution in [3.05, 3.63) is 12.2 Å². The lowest BCUT2D eigenvalue weighted by atomic mass is 9.93. The highest BCUT2D eigenvalue weighted by atomic mass is 16.3. The van der Waals surface area contributed by atoms with E-state index >= 15 is 0 Å².